The highest BCUT2D eigenvalue weighted by molar-refractivity contribution is 7.98. The summed E-state index contributed by atoms with van der Waals surface area (Å²) in [6.45, 7) is 2.16. The molecule has 0 radical (unpaired) electrons. The molecule has 7 heteroatoms. The van der Waals surface area contributed by atoms with Crippen LogP contribution in [0.3, 0.4) is 0 Å². The van der Waals surface area contributed by atoms with Crippen LogP contribution in [0.25, 0.3) is 0 Å². The molecule has 0 fully saturated rings. The first-order valence-electron chi connectivity index (χ1n) is 8.60. The maximum absolute atomic E-state index is 12.6. The van der Waals surface area contributed by atoms with E-state index in [9.17, 15) is 9.59 Å². The number of hydrogen-bond acceptors (Lipinski definition) is 5. The van der Waals surface area contributed by atoms with Gasteiger partial charge in [0.05, 0.1) is 19.2 Å². The number of nitrogens with zero attached hydrogens (tertiary/aromatic N) is 2. The summed E-state index contributed by atoms with van der Waals surface area (Å²) in [5.74, 6) is 0.216. The van der Waals surface area contributed by atoms with E-state index in [0.717, 1.165) is 11.1 Å². The van der Waals surface area contributed by atoms with E-state index >= 15 is 0 Å². The van der Waals surface area contributed by atoms with Crippen molar-refractivity contribution in [3.05, 3.63) is 92.4 Å². The number of hydrogen-bond donors (Lipinski definition) is 0. The Bertz CT molecular complexity index is 1050. The van der Waals surface area contributed by atoms with Crippen LogP contribution in [-0.2, 0) is 17.0 Å². The van der Waals surface area contributed by atoms with E-state index in [4.69, 9.17) is 16.3 Å². The lowest BCUT2D eigenvalue weighted by atomic mass is 10.1. The van der Waals surface area contributed by atoms with Gasteiger partial charge in [-0.15, -0.1) is 0 Å². The minimum atomic E-state index is -0.392. The average Bonchev–Trinajstić information content (AvgIpc) is 2.69. The lowest BCUT2D eigenvalue weighted by Crippen LogP contribution is -2.23. The molecule has 3 aromatic rings. The van der Waals surface area contributed by atoms with Crippen LogP contribution in [0.4, 0.5) is 0 Å². The zero-order chi connectivity index (χ0) is 20.1. The fourth-order valence-electron chi connectivity index (χ4n) is 2.65. The first kappa shape index (κ1) is 20.2. The monoisotopic (exact) mass is 414 g/mol. The molecule has 144 valence electrons. The molecule has 0 bridgehead atoms. The van der Waals surface area contributed by atoms with Gasteiger partial charge >= 0.3 is 5.97 Å². The van der Waals surface area contributed by atoms with Crippen LogP contribution in [0.15, 0.2) is 64.5 Å². The van der Waals surface area contributed by atoms with E-state index < -0.39 is 5.97 Å². The molecule has 0 saturated heterocycles. The van der Waals surface area contributed by atoms with Gasteiger partial charge in [0.15, 0.2) is 5.16 Å². The van der Waals surface area contributed by atoms with Gasteiger partial charge in [0, 0.05) is 22.5 Å². The Morgan fingerprint density at radius 3 is 2.57 bits per heavy atom. The van der Waals surface area contributed by atoms with E-state index in [2.05, 4.69) is 4.98 Å². The van der Waals surface area contributed by atoms with Crippen LogP contribution >= 0.6 is 23.4 Å². The van der Waals surface area contributed by atoms with Crippen LogP contribution in [0.5, 0.6) is 0 Å². The van der Waals surface area contributed by atoms with E-state index in [-0.39, 0.29) is 5.56 Å². The summed E-state index contributed by atoms with van der Waals surface area (Å²) < 4.78 is 6.34. The first-order chi connectivity index (χ1) is 13.5. The van der Waals surface area contributed by atoms with Gasteiger partial charge < -0.3 is 4.74 Å². The quantitative estimate of drug-likeness (QED) is 0.341. The number of aryl methyl sites for hydroxylation is 1. The number of thioether (sulfide) groups is 1. The van der Waals surface area contributed by atoms with E-state index in [1.54, 1.807) is 35.8 Å². The molecule has 3 rings (SSSR count). The molecule has 1 aromatic heterocycles. The molecule has 0 unspecified atom stereocenters. The van der Waals surface area contributed by atoms with Crippen molar-refractivity contribution < 1.29 is 9.53 Å². The van der Waals surface area contributed by atoms with Crippen molar-refractivity contribution in [2.24, 2.45) is 0 Å². The second-order valence-corrected chi connectivity index (χ2v) is 7.52. The summed E-state index contributed by atoms with van der Waals surface area (Å²) in [4.78, 5) is 28.7. The predicted octanol–water partition coefficient (Wildman–Crippen LogP) is 4.33. The Hall–Kier alpha value is -2.57. The van der Waals surface area contributed by atoms with Gasteiger partial charge in [0.1, 0.15) is 0 Å². The van der Waals surface area contributed by atoms with Crippen molar-refractivity contribution in [2.45, 2.75) is 24.4 Å². The third-order valence-electron chi connectivity index (χ3n) is 4.13. The van der Waals surface area contributed by atoms with Crippen molar-refractivity contribution in [2.75, 3.05) is 7.11 Å². The Balaban J connectivity index is 1.85. The number of methoxy groups -OCH3 is 1. The van der Waals surface area contributed by atoms with Crippen molar-refractivity contribution in [1.29, 1.82) is 0 Å². The summed E-state index contributed by atoms with van der Waals surface area (Å²) in [6.07, 6.45) is 0. The fourth-order valence-corrected chi connectivity index (χ4v) is 3.99. The van der Waals surface area contributed by atoms with Crippen LogP contribution in [0.1, 0.15) is 27.2 Å². The van der Waals surface area contributed by atoms with Gasteiger partial charge in [0.25, 0.3) is 5.56 Å². The third-order valence-corrected chi connectivity index (χ3v) is 5.53. The summed E-state index contributed by atoms with van der Waals surface area (Å²) in [5.41, 5.74) is 2.89. The number of carbonyl (C=O) groups is 1. The minimum Gasteiger partial charge on any atom is -0.465 e. The Morgan fingerprint density at radius 1 is 1.18 bits per heavy atom. The number of benzene rings is 2. The van der Waals surface area contributed by atoms with Crippen molar-refractivity contribution >= 4 is 29.3 Å². The SMILES string of the molecule is COC(=O)c1ccc(Cn2c(SCc3ccccc3Cl)nc(C)cc2=O)cc1. The zero-order valence-corrected chi connectivity index (χ0v) is 17.1. The maximum atomic E-state index is 12.6. The molecule has 0 spiro atoms. The maximum Gasteiger partial charge on any atom is 0.337 e. The summed E-state index contributed by atoms with van der Waals surface area (Å²) in [7, 11) is 1.34. The molecule has 0 aliphatic heterocycles. The lowest BCUT2D eigenvalue weighted by Gasteiger charge is -2.13. The van der Waals surface area contributed by atoms with Gasteiger partial charge in [-0.05, 0) is 36.2 Å². The number of carbonyl (C=O) groups excluding carboxylic acids is 1. The minimum absolute atomic E-state index is 0.119. The summed E-state index contributed by atoms with van der Waals surface area (Å²) in [5, 5.41) is 1.32. The van der Waals surface area contributed by atoms with Gasteiger partial charge in [-0.2, -0.15) is 0 Å². The van der Waals surface area contributed by atoms with Crippen LogP contribution in [0, 0.1) is 6.92 Å². The van der Waals surface area contributed by atoms with Gasteiger partial charge in [0.2, 0.25) is 0 Å². The van der Waals surface area contributed by atoms with E-state index in [0.29, 0.717) is 33.7 Å². The molecule has 0 aliphatic rings. The highest BCUT2D eigenvalue weighted by Gasteiger charge is 2.11. The van der Waals surface area contributed by atoms with Crippen molar-refractivity contribution in [3.8, 4) is 0 Å². The standard InChI is InChI=1S/C21H19ClN2O3S/c1-14-11-19(25)24(12-15-7-9-16(10-8-15)20(26)27-2)21(23-14)28-13-17-5-3-4-6-18(17)22/h3-11H,12-13H2,1-2H3. The molecular formula is C21H19ClN2O3S. The average molecular weight is 415 g/mol. The number of rotatable bonds is 6. The predicted molar refractivity (Wildman–Crippen MR) is 111 cm³/mol. The van der Waals surface area contributed by atoms with Gasteiger partial charge in [-0.25, -0.2) is 9.78 Å². The van der Waals surface area contributed by atoms with Crippen LogP contribution in [-0.4, -0.2) is 22.6 Å². The molecule has 28 heavy (non-hydrogen) atoms. The Morgan fingerprint density at radius 2 is 1.89 bits per heavy atom. The number of ether oxygens (including phenoxy) is 1. The highest BCUT2D eigenvalue weighted by Crippen LogP contribution is 2.25. The molecule has 0 N–H and O–H groups in total. The summed E-state index contributed by atoms with van der Waals surface area (Å²) >= 11 is 7.70. The third kappa shape index (κ3) is 4.82. The number of aromatic nitrogens is 2. The van der Waals surface area contributed by atoms with Crippen molar-refractivity contribution in [1.82, 2.24) is 9.55 Å². The topological polar surface area (TPSA) is 61.2 Å². The smallest absolute Gasteiger partial charge is 0.337 e. The largest absolute Gasteiger partial charge is 0.465 e. The first-order valence-corrected chi connectivity index (χ1v) is 9.96. The van der Waals surface area contributed by atoms with Crippen molar-refractivity contribution in [3.63, 3.8) is 0 Å². The molecule has 0 aliphatic carbocycles. The Labute approximate surface area is 172 Å². The van der Waals surface area contributed by atoms with Gasteiger partial charge in [-0.3, -0.25) is 9.36 Å². The molecule has 2 aromatic carbocycles. The number of esters is 1. The number of halogens is 1. The van der Waals surface area contributed by atoms with E-state index in [1.807, 2.05) is 24.3 Å². The molecule has 1 heterocycles. The highest BCUT2D eigenvalue weighted by atomic mass is 35.5. The molecule has 0 atom stereocenters. The molecule has 0 amide bonds. The fraction of sp³-hybridized carbons (Fsp3) is 0.190. The second-order valence-electron chi connectivity index (χ2n) is 6.17. The summed E-state index contributed by atoms with van der Waals surface area (Å²) in [6, 6.07) is 16.1. The molecular weight excluding hydrogens is 396 g/mol. The van der Waals surface area contributed by atoms with Crippen LogP contribution in [0.2, 0.25) is 5.02 Å². The van der Waals surface area contributed by atoms with Crippen LogP contribution < -0.4 is 5.56 Å². The zero-order valence-electron chi connectivity index (χ0n) is 15.5. The van der Waals surface area contributed by atoms with Gasteiger partial charge in [-0.1, -0.05) is 53.7 Å². The van der Waals surface area contributed by atoms with E-state index in [1.165, 1.54) is 24.9 Å². The lowest BCUT2D eigenvalue weighted by molar-refractivity contribution is 0.0600. The molecule has 5 nitrogen and oxygen atoms in total. The Kier molecular flexibility index (Phi) is 6.54. The normalized spacial score (nSPS) is 10.7. The second kappa shape index (κ2) is 9.08. The molecule has 0 saturated carbocycles.